The Hall–Kier alpha value is -2.46. The molecule has 7 nitrogen and oxygen atoms in total. The van der Waals surface area contributed by atoms with Crippen molar-refractivity contribution in [1.29, 1.82) is 0 Å². The Labute approximate surface area is 208 Å². The fourth-order valence-corrected chi connectivity index (χ4v) is 6.83. The van der Waals surface area contributed by atoms with Gasteiger partial charge in [0.05, 0.1) is 6.54 Å². The fraction of sp³-hybridized carbons (Fsp3) is 0.333. The highest BCUT2D eigenvalue weighted by molar-refractivity contribution is 7.91. The fourth-order valence-electron chi connectivity index (χ4n) is 3.92. The summed E-state index contributed by atoms with van der Waals surface area (Å²) >= 11 is 7.11. The number of nitrogens with one attached hydrogen (secondary N) is 1. The van der Waals surface area contributed by atoms with Crippen molar-refractivity contribution in [1.82, 2.24) is 14.5 Å². The molecule has 0 radical (unpaired) electrons. The van der Waals surface area contributed by atoms with E-state index in [0.29, 0.717) is 31.0 Å². The molecule has 180 valence electrons. The molecule has 1 aromatic heterocycles. The van der Waals surface area contributed by atoms with Crippen molar-refractivity contribution in [3.63, 3.8) is 0 Å². The summed E-state index contributed by atoms with van der Waals surface area (Å²) in [4.78, 5) is 28.8. The minimum absolute atomic E-state index is 0.0657. The SMILES string of the molecule is CN(CCc1ccccc1)C(=O)CN1CCC[C@H](NS(=O)(=O)c2cc3ccc(Cl)cc3s2)C1=O. The van der Waals surface area contributed by atoms with Gasteiger partial charge >= 0.3 is 0 Å². The molecule has 1 N–H and O–H groups in total. The number of carbonyl (C=O) groups is 2. The molecule has 0 aliphatic carbocycles. The molecule has 1 aliphatic rings. The van der Waals surface area contributed by atoms with Gasteiger partial charge < -0.3 is 9.80 Å². The first-order valence-corrected chi connectivity index (χ1v) is 13.7. The van der Waals surface area contributed by atoms with E-state index < -0.39 is 16.1 Å². The topological polar surface area (TPSA) is 86.8 Å². The number of halogens is 1. The number of likely N-dealkylation sites (tertiary alicyclic amines) is 1. The van der Waals surface area contributed by atoms with Gasteiger partial charge in [0, 0.05) is 29.9 Å². The van der Waals surface area contributed by atoms with Gasteiger partial charge in [0.15, 0.2) is 0 Å². The Morgan fingerprint density at radius 2 is 1.97 bits per heavy atom. The molecule has 2 heterocycles. The molecule has 0 bridgehead atoms. The number of hydrogen-bond acceptors (Lipinski definition) is 5. The van der Waals surface area contributed by atoms with Gasteiger partial charge in [-0.15, -0.1) is 11.3 Å². The van der Waals surface area contributed by atoms with E-state index in [9.17, 15) is 18.0 Å². The van der Waals surface area contributed by atoms with Crippen LogP contribution < -0.4 is 4.72 Å². The zero-order valence-corrected chi connectivity index (χ0v) is 21.1. The lowest BCUT2D eigenvalue weighted by Gasteiger charge is -2.33. The lowest BCUT2D eigenvalue weighted by atomic mass is 10.1. The van der Waals surface area contributed by atoms with Crippen molar-refractivity contribution < 1.29 is 18.0 Å². The predicted octanol–water partition coefficient (Wildman–Crippen LogP) is 3.53. The average molecular weight is 520 g/mol. The van der Waals surface area contributed by atoms with Crippen molar-refractivity contribution in [2.24, 2.45) is 0 Å². The van der Waals surface area contributed by atoms with Crippen LogP contribution in [0.4, 0.5) is 0 Å². The number of rotatable bonds is 8. The summed E-state index contributed by atoms with van der Waals surface area (Å²) in [5.74, 6) is -0.544. The summed E-state index contributed by atoms with van der Waals surface area (Å²) in [6.07, 6.45) is 1.73. The van der Waals surface area contributed by atoms with Crippen molar-refractivity contribution in [2.45, 2.75) is 29.5 Å². The quantitative estimate of drug-likeness (QED) is 0.493. The number of sulfonamides is 1. The number of benzene rings is 2. The van der Waals surface area contributed by atoms with Crippen molar-refractivity contribution >= 4 is 54.9 Å². The van der Waals surface area contributed by atoms with E-state index in [1.807, 2.05) is 30.3 Å². The number of piperidine rings is 1. The molecule has 1 saturated heterocycles. The smallest absolute Gasteiger partial charge is 0.250 e. The predicted molar refractivity (Wildman–Crippen MR) is 135 cm³/mol. The van der Waals surface area contributed by atoms with Gasteiger partial charge in [0.1, 0.15) is 10.3 Å². The van der Waals surface area contributed by atoms with Gasteiger partial charge in [-0.3, -0.25) is 9.59 Å². The summed E-state index contributed by atoms with van der Waals surface area (Å²) < 4.78 is 29.4. The summed E-state index contributed by atoms with van der Waals surface area (Å²) in [5, 5.41) is 1.30. The summed E-state index contributed by atoms with van der Waals surface area (Å²) in [7, 11) is -2.18. The van der Waals surface area contributed by atoms with Gasteiger partial charge in [0.2, 0.25) is 11.8 Å². The second-order valence-corrected chi connectivity index (χ2v) is 11.8. The maximum Gasteiger partial charge on any atom is 0.250 e. The molecule has 4 rings (SSSR count). The van der Waals surface area contributed by atoms with Gasteiger partial charge in [-0.25, -0.2) is 8.42 Å². The molecule has 0 spiro atoms. The zero-order valence-electron chi connectivity index (χ0n) is 18.7. The molecule has 10 heteroatoms. The van der Waals surface area contributed by atoms with Crippen LogP contribution in [0.15, 0.2) is 58.8 Å². The van der Waals surface area contributed by atoms with Gasteiger partial charge in [-0.05, 0) is 48.4 Å². The molecule has 0 saturated carbocycles. The first-order valence-electron chi connectivity index (χ1n) is 11.0. The highest BCUT2D eigenvalue weighted by atomic mass is 35.5. The average Bonchev–Trinajstić information content (AvgIpc) is 3.25. The van der Waals surface area contributed by atoms with Gasteiger partial charge in [-0.2, -0.15) is 4.72 Å². The van der Waals surface area contributed by atoms with Crippen LogP contribution in [0.25, 0.3) is 10.1 Å². The van der Waals surface area contributed by atoms with E-state index in [0.717, 1.165) is 33.4 Å². The first-order chi connectivity index (χ1) is 16.2. The van der Waals surface area contributed by atoms with Crippen LogP contribution in [0.3, 0.4) is 0 Å². The second-order valence-electron chi connectivity index (χ2n) is 8.37. The van der Waals surface area contributed by atoms with Crippen molar-refractivity contribution in [3.05, 3.63) is 65.2 Å². The van der Waals surface area contributed by atoms with Crippen LogP contribution in [-0.2, 0) is 26.0 Å². The largest absolute Gasteiger partial charge is 0.344 e. The molecular formula is C24H26ClN3O4S2. The summed E-state index contributed by atoms with van der Waals surface area (Å²) in [6.45, 7) is 0.900. The normalized spacial score (nSPS) is 16.7. The maximum absolute atomic E-state index is 13.0. The molecule has 1 aliphatic heterocycles. The maximum atomic E-state index is 13.0. The molecule has 2 amide bonds. The monoisotopic (exact) mass is 519 g/mol. The Kier molecular flexibility index (Phi) is 7.57. The minimum Gasteiger partial charge on any atom is -0.344 e. The molecular weight excluding hydrogens is 494 g/mol. The molecule has 1 atom stereocenters. The van der Waals surface area contributed by atoms with Crippen LogP contribution in [0.2, 0.25) is 5.02 Å². The number of hydrogen-bond donors (Lipinski definition) is 1. The van der Waals surface area contributed by atoms with Crippen molar-refractivity contribution in [2.75, 3.05) is 26.7 Å². The van der Waals surface area contributed by atoms with Gasteiger partial charge in [0.25, 0.3) is 10.0 Å². The number of thiophene rings is 1. The van der Waals surface area contributed by atoms with E-state index in [1.54, 1.807) is 36.2 Å². The highest BCUT2D eigenvalue weighted by Gasteiger charge is 2.34. The lowest BCUT2D eigenvalue weighted by molar-refractivity contribution is -0.142. The van der Waals surface area contributed by atoms with E-state index >= 15 is 0 Å². The van der Waals surface area contributed by atoms with Crippen LogP contribution in [0.5, 0.6) is 0 Å². The lowest BCUT2D eigenvalue weighted by Crippen LogP contribution is -2.54. The van der Waals surface area contributed by atoms with E-state index in [1.165, 1.54) is 4.90 Å². The molecule has 2 aromatic carbocycles. The van der Waals surface area contributed by atoms with E-state index in [-0.39, 0.29) is 22.6 Å². The van der Waals surface area contributed by atoms with Crippen LogP contribution in [0.1, 0.15) is 18.4 Å². The van der Waals surface area contributed by atoms with E-state index in [2.05, 4.69) is 4.72 Å². The Bertz CT molecular complexity index is 1290. The zero-order chi connectivity index (χ0) is 24.3. The molecule has 0 unspecified atom stereocenters. The van der Waals surface area contributed by atoms with Gasteiger partial charge in [-0.1, -0.05) is 48.0 Å². The standard InChI is InChI=1S/C24H26ClN3O4S2/c1-27(13-11-17-6-3-2-4-7-17)22(29)16-28-12-5-8-20(24(28)30)26-34(31,32)23-14-18-9-10-19(25)15-21(18)33-23/h2-4,6-7,9-10,14-15,20,26H,5,8,11-13,16H2,1H3/t20-/m0/s1. The van der Waals surface area contributed by atoms with Crippen LogP contribution >= 0.6 is 22.9 Å². The number of nitrogens with zero attached hydrogens (tertiary/aromatic N) is 2. The molecule has 3 aromatic rings. The van der Waals surface area contributed by atoms with Crippen molar-refractivity contribution in [3.8, 4) is 0 Å². The Balaban J connectivity index is 1.37. The van der Waals surface area contributed by atoms with Crippen LogP contribution in [0, 0.1) is 0 Å². The number of amides is 2. The Morgan fingerprint density at radius 1 is 1.21 bits per heavy atom. The number of carbonyl (C=O) groups excluding carboxylic acids is 2. The minimum atomic E-state index is -3.89. The third-order valence-electron chi connectivity index (χ3n) is 5.88. The highest BCUT2D eigenvalue weighted by Crippen LogP contribution is 2.31. The summed E-state index contributed by atoms with van der Waals surface area (Å²) in [5.41, 5.74) is 1.13. The number of likely N-dealkylation sites (N-methyl/N-ethyl adjacent to an activating group) is 1. The molecule has 1 fully saturated rings. The third kappa shape index (κ3) is 5.78. The third-order valence-corrected chi connectivity index (χ3v) is 9.16. The summed E-state index contributed by atoms with van der Waals surface area (Å²) in [6, 6.07) is 15.7. The first kappa shape index (κ1) is 24.7. The molecule has 34 heavy (non-hydrogen) atoms. The Morgan fingerprint density at radius 3 is 2.74 bits per heavy atom. The van der Waals surface area contributed by atoms with E-state index in [4.69, 9.17) is 11.6 Å². The van der Waals surface area contributed by atoms with Crippen LogP contribution in [-0.4, -0.2) is 62.8 Å². The second kappa shape index (κ2) is 10.4. The number of fused-ring (bicyclic) bond motifs is 1.